The van der Waals surface area contributed by atoms with Crippen LogP contribution in [0, 0.1) is 5.92 Å². The molecular weight excluding hydrogens is 288 g/mol. The monoisotopic (exact) mass is 312 g/mol. The van der Waals surface area contributed by atoms with Crippen LogP contribution in [0.25, 0.3) is 10.9 Å². The maximum absolute atomic E-state index is 12.8. The third kappa shape index (κ3) is 2.60. The zero-order valence-corrected chi connectivity index (χ0v) is 13.7. The van der Waals surface area contributed by atoms with Crippen LogP contribution in [0.4, 0.5) is 0 Å². The Morgan fingerprint density at radius 3 is 2.83 bits per heavy atom. The van der Waals surface area contributed by atoms with Gasteiger partial charge in [-0.25, -0.2) is 0 Å². The Hall–Kier alpha value is -1.97. The lowest BCUT2D eigenvalue weighted by Crippen LogP contribution is -2.43. The normalized spacial score (nSPS) is 21.6. The van der Waals surface area contributed by atoms with E-state index < -0.39 is 0 Å². The lowest BCUT2D eigenvalue weighted by molar-refractivity contribution is -0.134. The molecule has 0 bridgehead atoms. The molecule has 2 aromatic rings. The van der Waals surface area contributed by atoms with E-state index in [9.17, 15) is 4.79 Å². The van der Waals surface area contributed by atoms with Gasteiger partial charge in [-0.05, 0) is 55.9 Å². The maximum atomic E-state index is 12.8. The van der Waals surface area contributed by atoms with Crippen molar-refractivity contribution in [1.82, 2.24) is 9.47 Å². The summed E-state index contributed by atoms with van der Waals surface area (Å²) in [5.41, 5.74) is 1.10. The molecule has 1 atom stereocenters. The number of hydrogen-bond acceptors (Lipinski definition) is 2. The van der Waals surface area contributed by atoms with Crippen LogP contribution < -0.4 is 4.74 Å². The number of aromatic nitrogens is 1. The molecule has 23 heavy (non-hydrogen) atoms. The second-order valence-corrected chi connectivity index (χ2v) is 6.86. The van der Waals surface area contributed by atoms with Gasteiger partial charge in [0.05, 0.1) is 7.11 Å². The quantitative estimate of drug-likeness (QED) is 0.867. The second-order valence-electron chi connectivity index (χ2n) is 6.86. The molecule has 1 amide bonds. The molecule has 1 unspecified atom stereocenters. The summed E-state index contributed by atoms with van der Waals surface area (Å²) in [5, 5.41) is 1.12. The second kappa shape index (κ2) is 5.91. The van der Waals surface area contributed by atoms with Gasteiger partial charge in [-0.15, -0.1) is 0 Å². The summed E-state index contributed by atoms with van der Waals surface area (Å²) in [6.45, 7) is 1.38. The first-order chi connectivity index (χ1) is 11.3. The molecule has 4 rings (SSSR count). The summed E-state index contributed by atoms with van der Waals surface area (Å²) in [6.07, 6.45) is 8.32. The molecule has 2 heterocycles. The Morgan fingerprint density at radius 1 is 1.22 bits per heavy atom. The smallest absolute Gasteiger partial charge is 0.242 e. The number of ether oxygens (including phenoxy) is 1. The van der Waals surface area contributed by atoms with Crippen molar-refractivity contribution in [1.29, 1.82) is 0 Å². The van der Waals surface area contributed by atoms with Crippen molar-refractivity contribution >= 4 is 16.8 Å². The topological polar surface area (TPSA) is 34.5 Å². The summed E-state index contributed by atoms with van der Waals surface area (Å²) in [5.74, 6) is 1.88. The molecular formula is C19H24N2O2. The Kier molecular flexibility index (Phi) is 3.76. The van der Waals surface area contributed by atoms with E-state index in [1.165, 1.54) is 25.7 Å². The number of benzene rings is 1. The first kappa shape index (κ1) is 14.6. The number of carbonyl (C=O) groups is 1. The van der Waals surface area contributed by atoms with Crippen molar-refractivity contribution in [2.45, 2.75) is 44.7 Å². The van der Waals surface area contributed by atoms with Crippen molar-refractivity contribution in [3.8, 4) is 5.75 Å². The van der Waals surface area contributed by atoms with Crippen molar-refractivity contribution < 1.29 is 9.53 Å². The fourth-order valence-corrected chi connectivity index (χ4v) is 4.10. The highest BCUT2D eigenvalue weighted by Gasteiger charge is 2.37. The number of rotatable bonds is 4. The molecule has 1 aliphatic heterocycles. The number of nitrogens with zero attached hydrogens (tertiary/aromatic N) is 2. The zero-order chi connectivity index (χ0) is 15.8. The number of likely N-dealkylation sites (tertiary alicyclic amines) is 1. The largest absolute Gasteiger partial charge is 0.497 e. The Balaban J connectivity index is 1.52. The van der Waals surface area contributed by atoms with Gasteiger partial charge in [-0.1, -0.05) is 6.42 Å². The molecule has 1 saturated carbocycles. The number of hydrogen-bond donors (Lipinski definition) is 0. The Labute approximate surface area is 137 Å². The van der Waals surface area contributed by atoms with Crippen molar-refractivity contribution in [3.63, 3.8) is 0 Å². The average Bonchev–Trinajstić information content (AvgIpc) is 3.12. The van der Waals surface area contributed by atoms with E-state index in [0.29, 0.717) is 12.6 Å². The molecule has 4 nitrogen and oxygen atoms in total. The Morgan fingerprint density at radius 2 is 2.09 bits per heavy atom. The van der Waals surface area contributed by atoms with Crippen LogP contribution in [-0.4, -0.2) is 35.1 Å². The van der Waals surface area contributed by atoms with Crippen molar-refractivity contribution in [2.75, 3.05) is 13.7 Å². The summed E-state index contributed by atoms with van der Waals surface area (Å²) in [7, 11) is 1.68. The van der Waals surface area contributed by atoms with Gasteiger partial charge in [0.2, 0.25) is 5.91 Å². The molecule has 0 spiro atoms. The van der Waals surface area contributed by atoms with Gasteiger partial charge >= 0.3 is 0 Å². The van der Waals surface area contributed by atoms with Crippen LogP contribution in [-0.2, 0) is 11.3 Å². The fourth-order valence-electron chi connectivity index (χ4n) is 4.10. The molecule has 122 valence electrons. The fraction of sp³-hybridized carbons (Fsp3) is 0.526. The number of carbonyl (C=O) groups excluding carboxylic acids is 1. The predicted octanol–water partition coefficient (Wildman–Crippen LogP) is 3.44. The number of fused-ring (bicyclic) bond motifs is 1. The minimum absolute atomic E-state index is 0.271. The molecule has 1 aromatic heterocycles. The average molecular weight is 312 g/mol. The van der Waals surface area contributed by atoms with E-state index >= 15 is 0 Å². The third-order valence-corrected chi connectivity index (χ3v) is 5.60. The molecule has 2 aliphatic rings. The highest BCUT2D eigenvalue weighted by Crippen LogP contribution is 2.37. The summed E-state index contributed by atoms with van der Waals surface area (Å²) in [6, 6.07) is 8.56. The van der Waals surface area contributed by atoms with Gasteiger partial charge in [0, 0.05) is 29.7 Å². The van der Waals surface area contributed by atoms with Gasteiger partial charge in [-0.2, -0.15) is 0 Å². The van der Waals surface area contributed by atoms with Crippen molar-refractivity contribution in [2.24, 2.45) is 5.92 Å². The third-order valence-electron chi connectivity index (χ3n) is 5.60. The van der Waals surface area contributed by atoms with Gasteiger partial charge in [0.15, 0.2) is 0 Å². The summed E-state index contributed by atoms with van der Waals surface area (Å²) in [4.78, 5) is 15.0. The molecule has 2 fully saturated rings. The Bertz CT molecular complexity index is 717. The van der Waals surface area contributed by atoms with Crippen LogP contribution in [0.2, 0.25) is 0 Å². The standard InChI is InChI=1S/C19H24N2O2/c1-23-16-7-8-17-15(12-16)9-11-20(17)13-19(22)21-10-3-6-18(21)14-4-2-5-14/h7-9,11-12,14,18H,2-6,10,13H2,1H3. The molecule has 0 N–H and O–H groups in total. The molecule has 1 aliphatic carbocycles. The SMILES string of the molecule is COc1ccc2c(ccn2CC(=O)N2CCCC2C2CCC2)c1. The highest BCUT2D eigenvalue weighted by molar-refractivity contribution is 5.84. The maximum Gasteiger partial charge on any atom is 0.242 e. The van der Waals surface area contributed by atoms with E-state index in [2.05, 4.69) is 15.5 Å². The van der Waals surface area contributed by atoms with Gasteiger partial charge in [-0.3, -0.25) is 4.79 Å². The minimum Gasteiger partial charge on any atom is -0.497 e. The van der Waals surface area contributed by atoms with Crippen LogP contribution in [0.15, 0.2) is 30.5 Å². The summed E-state index contributed by atoms with van der Waals surface area (Å²) >= 11 is 0. The highest BCUT2D eigenvalue weighted by atomic mass is 16.5. The number of methoxy groups -OCH3 is 1. The lowest BCUT2D eigenvalue weighted by Gasteiger charge is -2.37. The molecule has 4 heteroatoms. The van der Waals surface area contributed by atoms with E-state index in [0.717, 1.165) is 35.5 Å². The minimum atomic E-state index is 0.271. The zero-order valence-electron chi connectivity index (χ0n) is 13.7. The molecule has 1 saturated heterocycles. The van der Waals surface area contributed by atoms with E-state index in [4.69, 9.17) is 4.74 Å². The predicted molar refractivity (Wildman–Crippen MR) is 90.6 cm³/mol. The first-order valence-corrected chi connectivity index (χ1v) is 8.68. The lowest BCUT2D eigenvalue weighted by atomic mass is 9.79. The van der Waals surface area contributed by atoms with Gasteiger partial charge in [0.1, 0.15) is 12.3 Å². The molecule has 0 radical (unpaired) electrons. The van der Waals surface area contributed by atoms with Crippen LogP contribution in [0.1, 0.15) is 32.1 Å². The van der Waals surface area contributed by atoms with Crippen molar-refractivity contribution in [3.05, 3.63) is 30.5 Å². The summed E-state index contributed by atoms with van der Waals surface area (Å²) < 4.78 is 7.33. The van der Waals surface area contributed by atoms with Crippen LogP contribution >= 0.6 is 0 Å². The van der Waals surface area contributed by atoms with Crippen LogP contribution in [0.5, 0.6) is 5.75 Å². The van der Waals surface area contributed by atoms with Gasteiger partial charge < -0.3 is 14.2 Å². The molecule has 1 aromatic carbocycles. The van der Waals surface area contributed by atoms with Crippen LogP contribution in [0.3, 0.4) is 0 Å². The van der Waals surface area contributed by atoms with E-state index in [1.807, 2.05) is 24.4 Å². The van der Waals surface area contributed by atoms with E-state index in [-0.39, 0.29) is 5.91 Å². The van der Waals surface area contributed by atoms with E-state index in [1.54, 1.807) is 7.11 Å². The first-order valence-electron chi connectivity index (χ1n) is 8.68. The van der Waals surface area contributed by atoms with Gasteiger partial charge in [0.25, 0.3) is 0 Å². The number of amides is 1.